The zero-order chi connectivity index (χ0) is 17.3. The molecule has 0 saturated heterocycles. The molecule has 1 aliphatic heterocycles. The highest BCUT2D eigenvalue weighted by Crippen LogP contribution is 2.47. The van der Waals surface area contributed by atoms with E-state index in [1.165, 1.54) is 0 Å². The lowest BCUT2D eigenvalue weighted by Crippen LogP contribution is -2.30. The molecule has 130 valence electrons. The van der Waals surface area contributed by atoms with E-state index in [4.69, 9.17) is 19.3 Å². The number of methoxy groups -OCH3 is 2. The number of aliphatic hydroxyl groups excluding tert-OH is 2. The first-order valence-electron chi connectivity index (χ1n) is 8.20. The van der Waals surface area contributed by atoms with Gasteiger partial charge in [-0.05, 0) is 6.92 Å². The smallest absolute Gasteiger partial charge is 0.133 e. The van der Waals surface area contributed by atoms with Crippen LogP contribution < -0.4 is 9.47 Å². The second kappa shape index (κ2) is 6.97. The number of aliphatic hydroxyl groups is 2. The molecule has 0 radical (unpaired) electrons. The maximum atomic E-state index is 9.76. The van der Waals surface area contributed by atoms with Crippen LogP contribution in [0.15, 0.2) is 24.3 Å². The van der Waals surface area contributed by atoms with E-state index in [0.29, 0.717) is 12.8 Å². The molecular weight excluding hydrogens is 308 g/mol. The first kappa shape index (κ1) is 17.0. The molecule has 0 saturated carbocycles. The highest BCUT2D eigenvalue weighted by Gasteiger charge is 2.33. The number of benzene rings is 2. The molecule has 5 nitrogen and oxygen atoms in total. The molecule has 3 rings (SSSR count). The average Bonchev–Trinajstić information content (AvgIpc) is 2.59. The largest absolute Gasteiger partial charge is 0.496 e. The second-order valence-electron chi connectivity index (χ2n) is 6.18. The van der Waals surface area contributed by atoms with E-state index >= 15 is 0 Å². The summed E-state index contributed by atoms with van der Waals surface area (Å²) in [7, 11) is 3.34. The number of fused-ring (bicyclic) bond motifs is 2. The van der Waals surface area contributed by atoms with E-state index in [0.717, 1.165) is 33.4 Å². The molecule has 0 spiro atoms. The highest BCUT2D eigenvalue weighted by molar-refractivity contribution is 5.96. The minimum Gasteiger partial charge on any atom is -0.496 e. The Hall–Kier alpha value is -1.82. The number of hydrogen-bond donors (Lipinski definition) is 2. The van der Waals surface area contributed by atoms with Gasteiger partial charge in [0.25, 0.3) is 0 Å². The van der Waals surface area contributed by atoms with Gasteiger partial charge in [-0.1, -0.05) is 24.3 Å². The molecule has 0 aliphatic carbocycles. The minimum absolute atomic E-state index is 0.172. The van der Waals surface area contributed by atoms with Crippen molar-refractivity contribution in [3.63, 3.8) is 0 Å². The molecular formula is C19H24O5. The molecule has 1 aliphatic rings. The Labute approximate surface area is 141 Å². The quantitative estimate of drug-likeness (QED) is 0.881. The van der Waals surface area contributed by atoms with Crippen LogP contribution in [0.3, 0.4) is 0 Å². The van der Waals surface area contributed by atoms with Gasteiger partial charge in [0.2, 0.25) is 0 Å². The third-order valence-electron chi connectivity index (χ3n) is 4.65. The summed E-state index contributed by atoms with van der Waals surface area (Å²) in [4.78, 5) is 0. The Morgan fingerprint density at radius 2 is 1.79 bits per heavy atom. The van der Waals surface area contributed by atoms with Gasteiger partial charge in [-0.3, -0.25) is 0 Å². The minimum atomic E-state index is -0.780. The van der Waals surface area contributed by atoms with E-state index in [2.05, 4.69) is 0 Å². The number of ether oxygens (including phenoxy) is 3. The predicted octanol–water partition coefficient (Wildman–Crippen LogP) is 2.60. The second-order valence-corrected chi connectivity index (χ2v) is 6.18. The SMILES string of the molecule is COc1c2c(c(OC)c3ccccc13)[C@@H](C)O[C@@H](CC(O)CO)C2. The summed E-state index contributed by atoms with van der Waals surface area (Å²) >= 11 is 0. The maximum absolute atomic E-state index is 9.76. The van der Waals surface area contributed by atoms with Crippen molar-refractivity contribution in [1.82, 2.24) is 0 Å². The topological polar surface area (TPSA) is 68.2 Å². The van der Waals surface area contributed by atoms with Gasteiger partial charge in [0, 0.05) is 34.7 Å². The van der Waals surface area contributed by atoms with Gasteiger partial charge in [-0.15, -0.1) is 0 Å². The van der Waals surface area contributed by atoms with E-state index in [9.17, 15) is 5.11 Å². The van der Waals surface area contributed by atoms with Gasteiger partial charge in [-0.25, -0.2) is 0 Å². The number of hydrogen-bond acceptors (Lipinski definition) is 5. The van der Waals surface area contributed by atoms with Crippen molar-refractivity contribution in [2.24, 2.45) is 0 Å². The van der Waals surface area contributed by atoms with Crippen molar-refractivity contribution in [1.29, 1.82) is 0 Å². The Balaban J connectivity index is 2.16. The molecule has 2 N–H and O–H groups in total. The molecule has 3 atom stereocenters. The third kappa shape index (κ3) is 2.83. The summed E-state index contributed by atoms with van der Waals surface area (Å²) in [6.07, 6.45) is -0.135. The van der Waals surface area contributed by atoms with Crippen molar-refractivity contribution in [2.45, 2.75) is 38.1 Å². The fourth-order valence-electron chi connectivity index (χ4n) is 3.68. The van der Waals surface area contributed by atoms with Gasteiger partial charge >= 0.3 is 0 Å². The predicted molar refractivity (Wildman–Crippen MR) is 91.8 cm³/mol. The molecule has 0 amide bonds. The van der Waals surface area contributed by atoms with Gasteiger partial charge in [0.15, 0.2) is 0 Å². The van der Waals surface area contributed by atoms with Crippen LogP contribution in [0.25, 0.3) is 10.8 Å². The van der Waals surface area contributed by atoms with Crippen molar-refractivity contribution < 1.29 is 24.4 Å². The van der Waals surface area contributed by atoms with E-state index in [1.807, 2.05) is 31.2 Å². The van der Waals surface area contributed by atoms with Crippen LogP contribution in [-0.2, 0) is 11.2 Å². The third-order valence-corrected chi connectivity index (χ3v) is 4.65. The first-order chi connectivity index (χ1) is 11.6. The van der Waals surface area contributed by atoms with Gasteiger partial charge in [-0.2, -0.15) is 0 Å². The van der Waals surface area contributed by atoms with Crippen LogP contribution in [0.5, 0.6) is 11.5 Å². The normalized spacial score (nSPS) is 21.4. The fourth-order valence-corrected chi connectivity index (χ4v) is 3.68. The summed E-state index contributed by atoms with van der Waals surface area (Å²) in [5.41, 5.74) is 2.06. The molecule has 0 fully saturated rings. The van der Waals surface area contributed by atoms with Crippen molar-refractivity contribution in [3.05, 3.63) is 35.4 Å². The molecule has 2 aromatic rings. The molecule has 0 bridgehead atoms. The average molecular weight is 332 g/mol. The van der Waals surface area contributed by atoms with Crippen molar-refractivity contribution in [3.8, 4) is 11.5 Å². The van der Waals surface area contributed by atoms with E-state index < -0.39 is 6.10 Å². The lowest BCUT2D eigenvalue weighted by molar-refractivity contribution is -0.0483. The summed E-state index contributed by atoms with van der Waals surface area (Å²) in [5.74, 6) is 1.65. The Bertz CT molecular complexity index is 727. The standard InChI is InChI=1S/C19H24O5/c1-11-17-16(9-13(24-11)8-12(21)10-20)18(22-2)14-6-4-5-7-15(14)19(17)23-3/h4-7,11-13,20-21H,8-10H2,1-3H3/t11-,12?,13+/m1/s1. The van der Waals surface area contributed by atoms with Gasteiger partial charge < -0.3 is 24.4 Å². The molecule has 5 heteroatoms. The zero-order valence-corrected chi connectivity index (χ0v) is 14.3. The van der Waals surface area contributed by atoms with Crippen LogP contribution in [-0.4, -0.2) is 43.2 Å². The Morgan fingerprint density at radius 3 is 2.38 bits per heavy atom. The lowest BCUT2D eigenvalue weighted by atomic mass is 9.88. The molecule has 0 aromatic heterocycles. The Kier molecular flexibility index (Phi) is 4.94. The van der Waals surface area contributed by atoms with Crippen LogP contribution in [0.2, 0.25) is 0 Å². The molecule has 1 unspecified atom stereocenters. The fraction of sp³-hybridized carbons (Fsp3) is 0.474. The summed E-state index contributed by atoms with van der Waals surface area (Å²) < 4.78 is 17.5. The summed E-state index contributed by atoms with van der Waals surface area (Å²) in [5, 5.41) is 20.9. The van der Waals surface area contributed by atoms with E-state index in [1.54, 1.807) is 14.2 Å². The number of rotatable bonds is 5. The molecule has 2 aromatic carbocycles. The van der Waals surface area contributed by atoms with Crippen LogP contribution in [0, 0.1) is 0 Å². The summed E-state index contributed by atoms with van der Waals surface area (Å²) in [6, 6.07) is 8.00. The van der Waals surface area contributed by atoms with Crippen LogP contribution in [0.1, 0.15) is 30.6 Å². The molecule has 24 heavy (non-hydrogen) atoms. The lowest BCUT2D eigenvalue weighted by Gasteiger charge is -2.34. The highest BCUT2D eigenvalue weighted by atomic mass is 16.5. The molecule has 1 heterocycles. The van der Waals surface area contributed by atoms with Crippen LogP contribution in [0.4, 0.5) is 0 Å². The van der Waals surface area contributed by atoms with Crippen molar-refractivity contribution in [2.75, 3.05) is 20.8 Å². The Morgan fingerprint density at radius 1 is 1.17 bits per heavy atom. The summed E-state index contributed by atoms with van der Waals surface area (Å²) in [6.45, 7) is 1.71. The first-order valence-corrected chi connectivity index (χ1v) is 8.20. The van der Waals surface area contributed by atoms with Crippen molar-refractivity contribution >= 4 is 10.8 Å². The monoisotopic (exact) mass is 332 g/mol. The van der Waals surface area contributed by atoms with E-state index in [-0.39, 0.29) is 18.8 Å². The van der Waals surface area contributed by atoms with Gasteiger partial charge in [0.05, 0.1) is 39.1 Å². The maximum Gasteiger partial charge on any atom is 0.133 e. The van der Waals surface area contributed by atoms with Gasteiger partial charge in [0.1, 0.15) is 11.5 Å². The zero-order valence-electron chi connectivity index (χ0n) is 14.3. The van der Waals surface area contributed by atoms with Crippen LogP contribution >= 0.6 is 0 Å².